The second-order valence-corrected chi connectivity index (χ2v) is 2.81. The summed E-state index contributed by atoms with van der Waals surface area (Å²) in [5.74, 6) is 0. The molecule has 74 valence electrons. The smallest absolute Gasteiger partial charge is 0.289 e. The monoisotopic (exact) mass is 204 g/mol. The Morgan fingerprint density at radius 3 is 2.93 bits per heavy atom. The molecule has 0 unspecified atom stereocenters. The lowest BCUT2D eigenvalue weighted by Crippen LogP contribution is -2.04. The number of nitrogens with zero attached hydrogens (tertiary/aromatic N) is 3. The molecule has 7 heteroatoms. The number of nitrogens with one attached hydrogen (secondary N) is 1. The number of aromatic amines is 1. The summed E-state index contributed by atoms with van der Waals surface area (Å²) in [6.45, 7) is 6.71. The van der Waals surface area contributed by atoms with Gasteiger partial charge in [-0.3, -0.25) is 14.6 Å². The zero-order valence-electron chi connectivity index (χ0n) is 7.30. The Morgan fingerprint density at radius 2 is 2.33 bits per heavy atom. The molecule has 0 saturated carbocycles. The standard InChI is InChI=1S/C8H4N4O3/c1-9-6-3-10-11-4-5(12(14)15)2-7(11)8(6)13/h2-4,10H. The van der Waals surface area contributed by atoms with Crippen LogP contribution in [-0.4, -0.2) is 14.5 Å². The molecule has 0 bridgehead atoms. The van der Waals surface area contributed by atoms with Crippen molar-refractivity contribution in [1.82, 2.24) is 9.61 Å². The van der Waals surface area contributed by atoms with E-state index in [1.54, 1.807) is 0 Å². The van der Waals surface area contributed by atoms with Crippen LogP contribution in [0.3, 0.4) is 0 Å². The van der Waals surface area contributed by atoms with Crippen LogP contribution >= 0.6 is 0 Å². The van der Waals surface area contributed by atoms with E-state index in [0.717, 1.165) is 6.07 Å². The van der Waals surface area contributed by atoms with Crippen LogP contribution in [0.4, 0.5) is 11.4 Å². The summed E-state index contributed by atoms with van der Waals surface area (Å²) in [5, 5.41) is 13.0. The Kier molecular flexibility index (Phi) is 1.76. The molecule has 0 aliphatic carbocycles. The first-order chi connectivity index (χ1) is 7.13. The number of H-pyrrole nitrogens is 1. The van der Waals surface area contributed by atoms with Crippen LogP contribution in [0.1, 0.15) is 0 Å². The van der Waals surface area contributed by atoms with Gasteiger partial charge in [-0.05, 0) is 0 Å². The van der Waals surface area contributed by atoms with Crippen LogP contribution in [0.5, 0.6) is 0 Å². The zero-order valence-corrected chi connectivity index (χ0v) is 7.30. The average molecular weight is 204 g/mol. The van der Waals surface area contributed by atoms with Crippen molar-refractivity contribution < 1.29 is 4.92 Å². The SMILES string of the molecule is [C-]#[N+]c1c[nH]n2cc([N+](=O)[O-])cc2c1=O. The third-order valence-electron chi connectivity index (χ3n) is 1.94. The van der Waals surface area contributed by atoms with E-state index >= 15 is 0 Å². The van der Waals surface area contributed by atoms with Gasteiger partial charge in [-0.25, -0.2) is 4.85 Å². The molecule has 2 rings (SSSR count). The molecule has 0 atom stereocenters. The molecule has 2 heterocycles. The predicted octanol–water partition coefficient (Wildman–Crippen LogP) is 1.09. The van der Waals surface area contributed by atoms with Crippen molar-refractivity contribution >= 4 is 16.9 Å². The molecule has 0 radical (unpaired) electrons. The molecule has 2 aromatic heterocycles. The molecule has 0 fully saturated rings. The highest BCUT2D eigenvalue weighted by atomic mass is 16.6. The van der Waals surface area contributed by atoms with E-state index in [4.69, 9.17) is 6.57 Å². The fourth-order valence-corrected chi connectivity index (χ4v) is 1.24. The summed E-state index contributed by atoms with van der Waals surface area (Å²) in [7, 11) is 0. The van der Waals surface area contributed by atoms with Crippen LogP contribution in [-0.2, 0) is 0 Å². The molecule has 2 aromatic rings. The summed E-state index contributed by atoms with van der Waals surface area (Å²) in [6.07, 6.45) is 2.40. The molecular weight excluding hydrogens is 200 g/mol. The Labute approximate surface area is 82.5 Å². The van der Waals surface area contributed by atoms with Gasteiger partial charge in [0.25, 0.3) is 11.4 Å². The third kappa shape index (κ3) is 1.24. The molecule has 0 saturated heterocycles. The van der Waals surface area contributed by atoms with Gasteiger partial charge in [0.05, 0.1) is 11.5 Å². The minimum Gasteiger partial charge on any atom is -0.312 e. The Bertz CT molecular complexity index is 646. The Morgan fingerprint density at radius 1 is 1.60 bits per heavy atom. The predicted molar refractivity (Wildman–Crippen MR) is 50.9 cm³/mol. The normalized spacial score (nSPS) is 10.1. The topological polar surface area (TPSA) is 84.8 Å². The summed E-state index contributed by atoms with van der Waals surface area (Å²) in [4.78, 5) is 24.4. The Balaban J connectivity index is 2.84. The lowest BCUT2D eigenvalue weighted by atomic mass is 10.4. The van der Waals surface area contributed by atoms with Crippen molar-refractivity contribution in [1.29, 1.82) is 0 Å². The molecule has 7 nitrogen and oxygen atoms in total. The van der Waals surface area contributed by atoms with Gasteiger partial charge >= 0.3 is 0 Å². The first-order valence-electron chi connectivity index (χ1n) is 3.89. The van der Waals surface area contributed by atoms with Crippen molar-refractivity contribution in [2.45, 2.75) is 0 Å². The van der Waals surface area contributed by atoms with E-state index in [1.807, 2.05) is 0 Å². The highest BCUT2D eigenvalue weighted by molar-refractivity contribution is 5.61. The van der Waals surface area contributed by atoms with Crippen molar-refractivity contribution in [3.63, 3.8) is 0 Å². The summed E-state index contributed by atoms with van der Waals surface area (Å²) in [6, 6.07) is 1.13. The molecule has 0 spiro atoms. The van der Waals surface area contributed by atoms with Crippen LogP contribution in [0, 0.1) is 16.7 Å². The number of hydrogen-bond donors (Lipinski definition) is 1. The minimum atomic E-state index is -0.599. The third-order valence-corrected chi connectivity index (χ3v) is 1.94. The second kappa shape index (κ2) is 2.95. The number of fused-ring (bicyclic) bond motifs is 1. The van der Waals surface area contributed by atoms with Gasteiger partial charge in [0.2, 0.25) is 5.43 Å². The number of aromatic nitrogens is 2. The maximum absolute atomic E-state index is 11.5. The van der Waals surface area contributed by atoms with Gasteiger partial charge < -0.3 is 9.89 Å². The first-order valence-corrected chi connectivity index (χ1v) is 3.89. The van der Waals surface area contributed by atoms with Gasteiger partial charge in [0, 0.05) is 12.3 Å². The van der Waals surface area contributed by atoms with Crippen LogP contribution in [0.2, 0.25) is 0 Å². The van der Waals surface area contributed by atoms with Crippen LogP contribution in [0.25, 0.3) is 10.4 Å². The van der Waals surface area contributed by atoms with Gasteiger partial charge in [0.1, 0.15) is 11.7 Å². The van der Waals surface area contributed by atoms with Gasteiger partial charge in [-0.15, -0.1) is 0 Å². The molecule has 0 aliphatic heterocycles. The lowest BCUT2D eigenvalue weighted by molar-refractivity contribution is -0.384. The quantitative estimate of drug-likeness (QED) is 0.428. The molecule has 0 aliphatic rings. The second-order valence-electron chi connectivity index (χ2n) is 2.81. The highest BCUT2D eigenvalue weighted by Crippen LogP contribution is 2.15. The van der Waals surface area contributed by atoms with E-state index < -0.39 is 10.4 Å². The number of nitro groups is 1. The van der Waals surface area contributed by atoms with Crippen LogP contribution < -0.4 is 5.43 Å². The first kappa shape index (κ1) is 8.96. The fourth-order valence-electron chi connectivity index (χ4n) is 1.24. The van der Waals surface area contributed by atoms with Crippen molar-refractivity contribution in [2.24, 2.45) is 0 Å². The van der Waals surface area contributed by atoms with Crippen molar-refractivity contribution in [2.75, 3.05) is 0 Å². The summed E-state index contributed by atoms with van der Waals surface area (Å²) in [5.41, 5.74) is -0.701. The van der Waals surface area contributed by atoms with E-state index in [9.17, 15) is 14.9 Å². The van der Waals surface area contributed by atoms with E-state index in [2.05, 4.69) is 9.94 Å². The van der Waals surface area contributed by atoms with E-state index in [0.29, 0.717) is 0 Å². The average Bonchev–Trinajstić information content (AvgIpc) is 2.63. The minimum absolute atomic E-state index is 0.0875. The maximum Gasteiger partial charge on any atom is 0.289 e. The van der Waals surface area contributed by atoms with Gasteiger partial charge in [0.15, 0.2) is 0 Å². The number of rotatable bonds is 1. The fraction of sp³-hybridized carbons (Fsp3) is 0. The molecule has 15 heavy (non-hydrogen) atoms. The largest absolute Gasteiger partial charge is 0.312 e. The molecule has 0 amide bonds. The van der Waals surface area contributed by atoms with E-state index in [-0.39, 0.29) is 16.9 Å². The van der Waals surface area contributed by atoms with Crippen molar-refractivity contribution in [3.05, 3.63) is 50.2 Å². The van der Waals surface area contributed by atoms with Crippen molar-refractivity contribution in [3.8, 4) is 0 Å². The maximum atomic E-state index is 11.5. The molecular formula is C8H4N4O3. The van der Waals surface area contributed by atoms with Gasteiger partial charge in [-0.2, -0.15) is 0 Å². The van der Waals surface area contributed by atoms with Gasteiger partial charge in [-0.1, -0.05) is 0 Å². The lowest BCUT2D eigenvalue weighted by Gasteiger charge is -1.92. The summed E-state index contributed by atoms with van der Waals surface area (Å²) >= 11 is 0. The van der Waals surface area contributed by atoms with E-state index in [1.165, 1.54) is 16.9 Å². The zero-order chi connectivity index (χ0) is 11.0. The Hall–Kier alpha value is -2.62. The number of hydrogen-bond acceptors (Lipinski definition) is 3. The molecule has 1 N–H and O–H groups in total. The highest BCUT2D eigenvalue weighted by Gasteiger charge is 2.13. The summed E-state index contributed by atoms with van der Waals surface area (Å²) < 4.78 is 1.22. The molecule has 0 aromatic carbocycles. The van der Waals surface area contributed by atoms with Crippen LogP contribution in [0.15, 0.2) is 23.3 Å².